The lowest BCUT2D eigenvalue weighted by Crippen LogP contribution is -2.23. The first kappa shape index (κ1) is 16.5. The largest absolute Gasteiger partial charge is 0.370 e. The Kier molecular flexibility index (Phi) is 6.29. The second kappa shape index (κ2) is 7.26. The summed E-state index contributed by atoms with van der Waals surface area (Å²) in [5.74, 6) is 2.06. The molecule has 2 N–H and O–H groups in total. The van der Waals surface area contributed by atoms with Crippen molar-refractivity contribution in [1.82, 2.24) is 10.1 Å². The van der Waals surface area contributed by atoms with E-state index < -0.39 is 0 Å². The predicted octanol–water partition coefficient (Wildman–Crippen LogP) is 2.95. The molecule has 0 amide bonds. The van der Waals surface area contributed by atoms with E-state index in [1.807, 2.05) is 6.92 Å². The molecule has 0 bridgehead atoms. The zero-order valence-corrected chi connectivity index (χ0v) is 13.3. The summed E-state index contributed by atoms with van der Waals surface area (Å²) in [4.78, 5) is 4.41. The van der Waals surface area contributed by atoms with Gasteiger partial charge in [0.1, 0.15) is 6.10 Å². The molecule has 19 heavy (non-hydrogen) atoms. The first-order valence-corrected chi connectivity index (χ1v) is 7.99. The van der Waals surface area contributed by atoms with Gasteiger partial charge in [0.05, 0.1) is 6.04 Å². The predicted molar refractivity (Wildman–Crippen MR) is 78.0 cm³/mol. The third-order valence-electron chi connectivity index (χ3n) is 2.76. The molecule has 5 nitrogen and oxygen atoms in total. The number of nitrogens with two attached hydrogens (primary N) is 1. The summed E-state index contributed by atoms with van der Waals surface area (Å²) in [6, 6.07) is -0.198. The second-order valence-corrected chi connectivity index (χ2v) is 6.57. The average molecular weight is 287 g/mol. The van der Waals surface area contributed by atoms with Crippen LogP contribution in [-0.2, 0) is 4.74 Å². The van der Waals surface area contributed by atoms with Gasteiger partial charge < -0.3 is 15.0 Å². The van der Waals surface area contributed by atoms with Gasteiger partial charge in [0.2, 0.25) is 11.7 Å². The van der Waals surface area contributed by atoms with Crippen LogP contribution in [0.1, 0.15) is 58.0 Å². The highest BCUT2D eigenvalue weighted by Crippen LogP contribution is 2.34. The van der Waals surface area contributed by atoms with Gasteiger partial charge in [-0.3, -0.25) is 0 Å². The molecule has 0 aliphatic rings. The van der Waals surface area contributed by atoms with Crippen LogP contribution in [0.15, 0.2) is 4.52 Å². The summed E-state index contributed by atoms with van der Waals surface area (Å²) < 4.78 is 11.0. The summed E-state index contributed by atoms with van der Waals surface area (Å²) >= 11 is 1.76. The van der Waals surface area contributed by atoms with Crippen molar-refractivity contribution in [1.29, 1.82) is 0 Å². The number of rotatable bonds is 7. The van der Waals surface area contributed by atoms with Gasteiger partial charge in [0, 0.05) is 6.61 Å². The molecule has 0 aromatic carbocycles. The Labute approximate surface area is 119 Å². The standard InChI is InChI=1S/C13H25N3O2S/c1-6-17-10(13(2,3)4)11-15-12(18-16-11)9(14)7-8-19-5/h9-10H,6-8,14H2,1-5H3. The van der Waals surface area contributed by atoms with Crippen molar-refractivity contribution in [2.45, 2.75) is 46.3 Å². The summed E-state index contributed by atoms with van der Waals surface area (Å²) in [6.07, 6.45) is 2.71. The molecule has 1 rings (SSSR count). The van der Waals surface area contributed by atoms with E-state index in [9.17, 15) is 0 Å². The third kappa shape index (κ3) is 4.78. The Bertz CT molecular complexity index is 376. The van der Waals surface area contributed by atoms with E-state index in [4.69, 9.17) is 15.0 Å². The topological polar surface area (TPSA) is 74.2 Å². The molecule has 1 heterocycles. The van der Waals surface area contributed by atoms with E-state index in [1.165, 1.54) is 0 Å². The number of hydrogen-bond donors (Lipinski definition) is 1. The van der Waals surface area contributed by atoms with Crippen LogP contribution < -0.4 is 5.73 Å². The van der Waals surface area contributed by atoms with Crippen molar-refractivity contribution >= 4 is 11.8 Å². The molecule has 1 aromatic rings. The second-order valence-electron chi connectivity index (χ2n) is 5.58. The van der Waals surface area contributed by atoms with Crippen molar-refractivity contribution in [3.63, 3.8) is 0 Å². The Morgan fingerprint density at radius 2 is 2.11 bits per heavy atom. The highest BCUT2D eigenvalue weighted by Gasteiger charge is 2.31. The maximum atomic E-state index is 6.03. The number of nitrogens with zero attached hydrogens (tertiary/aromatic N) is 2. The molecule has 0 fully saturated rings. The van der Waals surface area contributed by atoms with Crippen molar-refractivity contribution in [3.05, 3.63) is 11.7 Å². The van der Waals surface area contributed by atoms with Crippen LogP contribution in [-0.4, -0.2) is 28.8 Å². The number of ether oxygens (including phenoxy) is 1. The molecule has 1 aromatic heterocycles. The van der Waals surface area contributed by atoms with Crippen molar-refractivity contribution < 1.29 is 9.26 Å². The maximum Gasteiger partial charge on any atom is 0.243 e. The Morgan fingerprint density at radius 1 is 1.42 bits per heavy atom. The van der Waals surface area contributed by atoms with Crippen LogP contribution >= 0.6 is 11.8 Å². The van der Waals surface area contributed by atoms with Crippen molar-refractivity contribution in [2.24, 2.45) is 11.1 Å². The van der Waals surface area contributed by atoms with Gasteiger partial charge in [0.25, 0.3) is 0 Å². The summed E-state index contributed by atoms with van der Waals surface area (Å²) in [5.41, 5.74) is 5.94. The molecule has 0 radical (unpaired) electrons. The lowest BCUT2D eigenvalue weighted by Gasteiger charge is -2.27. The fourth-order valence-electron chi connectivity index (χ4n) is 1.75. The van der Waals surface area contributed by atoms with Gasteiger partial charge in [-0.05, 0) is 30.8 Å². The molecule has 2 atom stereocenters. The minimum Gasteiger partial charge on any atom is -0.370 e. The van der Waals surface area contributed by atoms with Crippen LogP contribution in [0, 0.1) is 5.41 Å². The van der Waals surface area contributed by atoms with E-state index >= 15 is 0 Å². The van der Waals surface area contributed by atoms with E-state index in [1.54, 1.807) is 11.8 Å². The Balaban J connectivity index is 2.81. The lowest BCUT2D eigenvalue weighted by molar-refractivity contribution is -0.0203. The maximum absolute atomic E-state index is 6.03. The smallest absolute Gasteiger partial charge is 0.243 e. The average Bonchev–Trinajstić information content (AvgIpc) is 2.80. The van der Waals surface area contributed by atoms with Gasteiger partial charge >= 0.3 is 0 Å². The number of hydrogen-bond acceptors (Lipinski definition) is 6. The van der Waals surface area contributed by atoms with Gasteiger partial charge in [-0.25, -0.2) is 0 Å². The zero-order chi connectivity index (χ0) is 14.5. The van der Waals surface area contributed by atoms with Crippen molar-refractivity contribution in [3.8, 4) is 0 Å². The molecule has 0 spiro atoms. The van der Waals surface area contributed by atoms with Crippen LogP contribution in [0.2, 0.25) is 0 Å². The summed E-state index contributed by atoms with van der Waals surface area (Å²) in [7, 11) is 0. The van der Waals surface area contributed by atoms with Crippen LogP contribution in [0.5, 0.6) is 0 Å². The normalized spacial score (nSPS) is 15.5. The monoisotopic (exact) mass is 287 g/mol. The van der Waals surface area contributed by atoms with E-state index in [2.05, 4.69) is 37.2 Å². The summed E-state index contributed by atoms with van der Waals surface area (Å²) in [6.45, 7) is 8.86. The highest BCUT2D eigenvalue weighted by atomic mass is 32.2. The minimum atomic E-state index is -0.198. The lowest BCUT2D eigenvalue weighted by atomic mass is 9.88. The SMILES string of the molecule is CCOC(c1noc(C(N)CCSC)n1)C(C)(C)C. The molecule has 110 valence electrons. The molecule has 0 saturated carbocycles. The molecule has 0 aliphatic heterocycles. The first-order chi connectivity index (χ1) is 8.90. The molecule has 0 saturated heterocycles. The van der Waals surface area contributed by atoms with Gasteiger partial charge in [0.15, 0.2) is 0 Å². The first-order valence-electron chi connectivity index (χ1n) is 6.59. The number of aromatic nitrogens is 2. The highest BCUT2D eigenvalue weighted by molar-refractivity contribution is 7.98. The zero-order valence-electron chi connectivity index (χ0n) is 12.5. The molecule has 6 heteroatoms. The molecule has 0 aliphatic carbocycles. The Morgan fingerprint density at radius 3 is 2.63 bits per heavy atom. The quantitative estimate of drug-likeness (QED) is 0.831. The van der Waals surface area contributed by atoms with Crippen molar-refractivity contribution in [2.75, 3.05) is 18.6 Å². The summed E-state index contributed by atoms with van der Waals surface area (Å²) in [5, 5.41) is 4.03. The molecular weight excluding hydrogens is 262 g/mol. The van der Waals surface area contributed by atoms with E-state index in [0.717, 1.165) is 12.2 Å². The fourth-order valence-corrected chi connectivity index (χ4v) is 2.24. The molecule has 2 unspecified atom stereocenters. The molecular formula is C13H25N3O2S. The number of thioether (sulfide) groups is 1. The third-order valence-corrected chi connectivity index (χ3v) is 3.41. The fraction of sp³-hybridized carbons (Fsp3) is 0.846. The van der Waals surface area contributed by atoms with Gasteiger partial charge in [-0.2, -0.15) is 16.7 Å². The van der Waals surface area contributed by atoms with Gasteiger partial charge in [-0.1, -0.05) is 25.9 Å². The van der Waals surface area contributed by atoms with E-state index in [-0.39, 0.29) is 17.6 Å². The minimum absolute atomic E-state index is 0.0828. The van der Waals surface area contributed by atoms with Crippen LogP contribution in [0.4, 0.5) is 0 Å². The van der Waals surface area contributed by atoms with Gasteiger partial charge in [-0.15, -0.1) is 0 Å². The van der Waals surface area contributed by atoms with E-state index in [0.29, 0.717) is 18.3 Å². The van der Waals surface area contributed by atoms with Crippen LogP contribution in [0.3, 0.4) is 0 Å². The van der Waals surface area contributed by atoms with Crippen LogP contribution in [0.25, 0.3) is 0 Å². The Hall–Kier alpha value is -0.590.